The summed E-state index contributed by atoms with van der Waals surface area (Å²) in [6.07, 6.45) is 0.856. The Morgan fingerprint density at radius 3 is 2.65 bits per heavy atom. The van der Waals surface area contributed by atoms with Crippen LogP contribution in [-0.2, 0) is 4.79 Å². The Kier molecular flexibility index (Phi) is 6.48. The monoisotopic (exact) mass is 297 g/mol. The third-order valence-corrected chi connectivity index (χ3v) is 3.13. The zero-order valence-corrected chi connectivity index (χ0v) is 12.5. The second kappa shape index (κ2) is 7.87. The molecule has 20 heavy (non-hydrogen) atoms. The van der Waals surface area contributed by atoms with Gasteiger partial charge in [-0.3, -0.25) is 9.59 Å². The molecule has 0 aromatic heterocycles. The molecule has 1 rings (SSSR count). The predicted octanol–water partition coefficient (Wildman–Crippen LogP) is 2.01. The number of amides is 2. The highest BCUT2D eigenvalue weighted by Crippen LogP contribution is 2.21. The minimum absolute atomic E-state index is 0.174. The molecule has 0 aliphatic carbocycles. The van der Waals surface area contributed by atoms with Crippen LogP contribution in [0.4, 0.5) is 5.69 Å². The van der Waals surface area contributed by atoms with Crippen molar-refractivity contribution in [2.75, 3.05) is 18.4 Å². The van der Waals surface area contributed by atoms with E-state index in [0.717, 1.165) is 6.42 Å². The molecule has 5 nitrogen and oxygen atoms in total. The van der Waals surface area contributed by atoms with Crippen LogP contribution >= 0.6 is 11.6 Å². The number of hydrogen-bond acceptors (Lipinski definition) is 3. The maximum atomic E-state index is 11.8. The molecule has 0 spiro atoms. The second-order valence-electron chi connectivity index (χ2n) is 4.58. The lowest BCUT2D eigenvalue weighted by molar-refractivity contribution is -0.119. The molecule has 0 radical (unpaired) electrons. The minimum Gasteiger partial charge on any atom is -0.352 e. The number of nitrogens with two attached hydrogens (primary N) is 1. The Morgan fingerprint density at radius 1 is 1.40 bits per heavy atom. The van der Waals surface area contributed by atoms with Crippen molar-refractivity contribution in [3.8, 4) is 0 Å². The lowest BCUT2D eigenvalue weighted by Crippen LogP contribution is -2.27. The van der Waals surface area contributed by atoms with Crippen molar-refractivity contribution in [3.63, 3.8) is 0 Å². The van der Waals surface area contributed by atoms with Crippen molar-refractivity contribution in [1.82, 2.24) is 5.32 Å². The van der Waals surface area contributed by atoms with Crippen molar-refractivity contribution < 1.29 is 9.59 Å². The quantitative estimate of drug-likeness (QED) is 0.751. The van der Waals surface area contributed by atoms with Crippen molar-refractivity contribution in [2.45, 2.75) is 20.3 Å². The molecule has 0 bridgehead atoms. The Balaban J connectivity index is 2.77. The van der Waals surface area contributed by atoms with E-state index in [1.54, 1.807) is 25.1 Å². The number of halogens is 1. The van der Waals surface area contributed by atoms with Crippen molar-refractivity contribution in [3.05, 3.63) is 28.8 Å². The van der Waals surface area contributed by atoms with E-state index in [-0.39, 0.29) is 24.3 Å². The second-order valence-corrected chi connectivity index (χ2v) is 4.98. The van der Waals surface area contributed by atoms with Crippen LogP contribution in [-0.4, -0.2) is 24.9 Å². The number of benzene rings is 1. The lowest BCUT2D eigenvalue weighted by Gasteiger charge is -2.11. The molecule has 1 atom stereocenters. The molecule has 4 N–H and O–H groups in total. The third kappa shape index (κ3) is 4.51. The van der Waals surface area contributed by atoms with Gasteiger partial charge in [-0.15, -0.1) is 0 Å². The fourth-order valence-corrected chi connectivity index (χ4v) is 1.75. The molecule has 0 aliphatic heterocycles. The largest absolute Gasteiger partial charge is 0.352 e. The number of rotatable bonds is 6. The van der Waals surface area contributed by atoms with E-state index < -0.39 is 0 Å². The van der Waals surface area contributed by atoms with Crippen LogP contribution in [0.3, 0.4) is 0 Å². The number of hydrogen-bond donors (Lipinski definition) is 3. The van der Waals surface area contributed by atoms with E-state index in [4.69, 9.17) is 17.3 Å². The zero-order valence-electron chi connectivity index (χ0n) is 11.7. The predicted molar refractivity (Wildman–Crippen MR) is 80.9 cm³/mol. The highest BCUT2D eigenvalue weighted by Gasteiger charge is 2.13. The highest BCUT2D eigenvalue weighted by atomic mass is 35.5. The van der Waals surface area contributed by atoms with Gasteiger partial charge in [-0.05, 0) is 24.6 Å². The summed E-state index contributed by atoms with van der Waals surface area (Å²) in [5, 5.41) is 5.76. The summed E-state index contributed by atoms with van der Waals surface area (Å²) in [6.45, 7) is 4.58. The highest BCUT2D eigenvalue weighted by molar-refractivity contribution is 6.34. The fourth-order valence-electron chi connectivity index (χ4n) is 1.48. The topological polar surface area (TPSA) is 84.2 Å². The molecule has 0 saturated heterocycles. The molecule has 2 amide bonds. The summed E-state index contributed by atoms with van der Waals surface area (Å²) in [7, 11) is 0. The summed E-state index contributed by atoms with van der Waals surface area (Å²) in [4.78, 5) is 23.5. The van der Waals surface area contributed by atoms with Gasteiger partial charge in [0.05, 0.1) is 10.6 Å². The zero-order chi connectivity index (χ0) is 15.1. The van der Waals surface area contributed by atoms with Gasteiger partial charge in [0, 0.05) is 24.7 Å². The van der Waals surface area contributed by atoms with Crippen LogP contribution in [0.15, 0.2) is 18.2 Å². The van der Waals surface area contributed by atoms with Crippen molar-refractivity contribution in [2.24, 2.45) is 11.7 Å². The molecule has 0 saturated carbocycles. The molecule has 1 aromatic carbocycles. The summed E-state index contributed by atoms with van der Waals surface area (Å²) in [5.41, 5.74) is 6.37. The molecule has 6 heteroatoms. The SMILES string of the molecule is CCCNC(=O)c1ccc(NC(=O)C(C)CN)cc1Cl. The molecule has 0 fully saturated rings. The van der Waals surface area contributed by atoms with Gasteiger partial charge in [0.15, 0.2) is 0 Å². The Bertz CT molecular complexity index is 491. The van der Waals surface area contributed by atoms with Gasteiger partial charge in [0.1, 0.15) is 0 Å². The molecular weight excluding hydrogens is 278 g/mol. The van der Waals surface area contributed by atoms with Crippen LogP contribution in [0.25, 0.3) is 0 Å². The molecule has 0 heterocycles. The van der Waals surface area contributed by atoms with Gasteiger partial charge in [-0.25, -0.2) is 0 Å². The first-order valence-electron chi connectivity index (χ1n) is 6.58. The number of carbonyl (C=O) groups excluding carboxylic acids is 2. The molecule has 1 aromatic rings. The number of carbonyl (C=O) groups is 2. The molecule has 1 unspecified atom stereocenters. The van der Waals surface area contributed by atoms with E-state index in [0.29, 0.717) is 22.8 Å². The van der Waals surface area contributed by atoms with E-state index in [1.165, 1.54) is 0 Å². The van der Waals surface area contributed by atoms with Crippen molar-refractivity contribution in [1.29, 1.82) is 0 Å². The van der Waals surface area contributed by atoms with E-state index in [9.17, 15) is 9.59 Å². The van der Waals surface area contributed by atoms with Gasteiger partial charge in [0.2, 0.25) is 5.91 Å². The minimum atomic E-state index is -0.277. The standard InChI is InChI=1S/C14H20ClN3O2/c1-3-6-17-14(20)11-5-4-10(7-12(11)15)18-13(19)9(2)8-16/h4-5,7,9H,3,6,8,16H2,1-2H3,(H,17,20)(H,18,19). The average Bonchev–Trinajstić information content (AvgIpc) is 2.43. The summed E-state index contributed by atoms with van der Waals surface area (Å²) >= 11 is 6.06. The van der Waals surface area contributed by atoms with Crippen LogP contribution in [0, 0.1) is 5.92 Å². The maximum absolute atomic E-state index is 11.8. The number of nitrogens with one attached hydrogen (secondary N) is 2. The molecule has 110 valence electrons. The molecular formula is C14H20ClN3O2. The van der Waals surface area contributed by atoms with Gasteiger partial charge in [0.25, 0.3) is 5.91 Å². The van der Waals surface area contributed by atoms with Gasteiger partial charge in [-0.2, -0.15) is 0 Å². The van der Waals surface area contributed by atoms with Crippen LogP contribution in [0.5, 0.6) is 0 Å². The van der Waals surface area contributed by atoms with Gasteiger partial charge < -0.3 is 16.4 Å². The summed E-state index contributed by atoms with van der Waals surface area (Å²) in [6, 6.07) is 4.80. The van der Waals surface area contributed by atoms with E-state index >= 15 is 0 Å². The first-order chi connectivity index (χ1) is 9.49. The van der Waals surface area contributed by atoms with Gasteiger partial charge in [-0.1, -0.05) is 25.4 Å². The molecule has 0 aliphatic rings. The lowest BCUT2D eigenvalue weighted by atomic mass is 10.1. The normalized spacial score (nSPS) is 11.8. The third-order valence-electron chi connectivity index (χ3n) is 2.82. The summed E-state index contributed by atoms with van der Waals surface area (Å²) in [5.74, 6) is -0.668. The van der Waals surface area contributed by atoms with E-state index in [1.807, 2.05) is 6.92 Å². The number of anilines is 1. The van der Waals surface area contributed by atoms with Gasteiger partial charge >= 0.3 is 0 Å². The Morgan fingerprint density at radius 2 is 2.10 bits per heavy atom. The average molecular weight is 298 g/mol. The fraction of sp³-hybridized carbons (Fsp3) is 0.429. The van der Waals surface area contributed by atoms with Crippen LogP contribution in [0.1, 0.15) is 30.6 Å². The Hall–Kier alpha value is -1.59. The van der Waals surface area contributed by atoms with Crippen LogP contribution < -0.4 is 16.4 Å². The summed E-state index contributed by atoms with van der Waals surface area (Å²) < 4.78 is 0. The van der Waals surface area contributed by atoms with Crippen LogP contribution in [0.2, 0.25) is 5.02 Å². The van der Waals surface area contributed by atoms with Crippen molar-refractivity contribution >= 4 is 29.1 Å². The smallest absolute Gasteiger partial charge is 0.252 e. The van der Waals surface area contributed by atoms with E-state index in [2.05, 4.69) is 10.6 Å². The Labute approximate surface area is 123 Å². The first-order valence-corrected chi connectivity index (χ1v) is 6.96. The maximum Gasteiger partial charge on any atom is 0.252 e. The first kappa shape index (κ1) is 16.5.